The Morgan fingerprint density at radius 2 is 1.24 bits per heavy atom. The van der Waals surface area contributed by atoms with Gasteiger partial charge in [0.15, 0.2) is 12.3 Å². The van der Waals surface area contributed by atoms with Gasteiger partial charge in [0.25, 0.3) is 11.8 Å². The van der Waals surface area contributed by atoms with Crippen LogP contribution in [0, 0.1) is 0 Å². The molecule has 0 saturated carbocycles. The van der Waals surface area contributed by atoms with Gasteiger partial charge in [-0.3, -0.25) is 9.05 Å². The van der Waals surface area contributed by atoms with Gasteiger partial charge < -0.3 is 4.89 Å². The zero-order valence-electron chi connectivity index (χ0n) is 11.4. The van der Waals surface area contributed by atoms with Crippen LogP contribution in [0.1, 0.15) is 26.7 Å². The van der Waals surface area contributed by atoms with Crippen LogP contribution in [0.2, 0.25) is 0 Å². The second-order valence-corrected chi connectivity index (χ2v) is 5.68. The van der Waals surface area contributed by atoms with Crippen LogP contribution < -0.4 is 0 Å². The number of rotatable bonds is 10. The normalized spacial score (nSPS) is 19.1. The van der Waals surface area contributed by atoms with Gasteiger partial charge in [-0.25, -0.2) is 30.9 Å². The average Bonchev–Trinajstić information content (AvgIpc) is 2.42. The van der Waals surface area contributed by atoms with Gasteiger partial charge in [0, 0.05) is 12.8 Å². The lowest BCUT2D eigenvalue weighted by Gasteiger charge is -2.22. The van der Waals surface area contributed by atoms with Gasteiger partial charge in [0.05, 0.1) is 13.2 Å². The molecule has 0 heterocycles. The predicted octanol–water partition coefficient (Wildman–Crippen LogP) is 3.89. The fourth-order valence-electron chi connectivity index (χ4n) is 1.04. The van der Waals surface area contributed by atoms with Crippen LogP contribution in [0.15, 0.2) is 0 Å². The van der Waals surface area contributed by atoms with Crippen molar-refractivity contribution < 1.29 is 44.8 Å². The minimum Gasteiger partial charge on any atom is -0.302 e. The minimum atomic E-state index is -5.11. The van der Waals surface area contributed by atoms with E-state index in [4.69, 9.17) is 4.89 Å². The van der Waals surface area contributed by atoms with Crippen molar-refractivity contribution in [3.63, 3.8) is 0 Å². The van der Waals surface area contributed by atoms with Crippen LogP contribution in [0.3, 0.4) is 0 Å². The van der Waals surface area contributed by atoms with E-state index in [0.717, 1.165) is 13.8 Å². The lowest BCUT2D eigenvalue weighted by Crippen LogP contribution is -2.34. The number of halogens is 6. The van der Waals surface area contributed by atoms with Gasteiger partial charge in [-0.1, -0.05) is 13.8 Å². The van der Waals surface area contributed by atoms with E-state index in [0.29, 0.717) is 0 Å². The van der Waals surface area contributed by atoms with E-state index >= 15 is 0 Å². The highest BCUT2D eigenvalue weighted by Gasteiger charge is 2.42. The van der Waals surface area contributed by atoms with Crippen LogP contribution in [-0.2, 0) is 13.6 Å². The average molecular weight is 346 g/mol. The molecule has 0 fully saturated rings. The number of phosphoric ester groups is 1. The van der Waals surface area contributed by atoms with Crippen molar-refractivity contribution in [2.24, 2.45) is 0 Å². The van der Waals surface area contributed by atoms with Crippen LogP contribution >= 0.6 is 7.82 Å². The molecule has 0 aliphatic carbocycles. The first-order valence-electron chi connectivity index (χ1n) is 6.03. The molecule has 0 spiro atoms. The fourth-order valence-corrected chi connectivity index (χ4v) is 1.76. The molecule has 0 aromatic heterocycles. The molecule has 11 heteroatoms. The van der Waals surface area contributed by atoms with Crippen molar-refractivity contribution in [1.82, 2.24) is 0 Å². The Morgan fingerprint density at radius 3 is 1.48 bits per heavy atom. The van der Waals surface area contributed by atoms with Gasteiger partial charge in [-0.2, -0.15) is 0 Å². The van der Waals surface area contributed by atoms with Gasteiger partial charge >= 0.3 is 7.82 Å². The maximum atomic E-state index is 13.0. The first kappa shape index (κ1) is 20.7. The molecule has 21 heavy (non-hydrogen) atoms. The van der Waals surface area contributed by atoms with Crippen molar-refractivity contribution in [1.29, 1.82) is 0 Å². The summed E-state index contributed by atoms with van der Waals surface area (Å²) in [6.45, 7) is -1.00. The predicted molar refractivity (Wildman–Crippen MR) is 62.0 cm³/mol. The zero-order valence-corrected chi connectivity index (χ0v) is 12.3. The summed E-state index contributed by atoms with van der Waals surface area (Å²) >= 11 is 0. The Hall–Kier alpha value is -0.310. The Bertz CT molecular complexity index is 337. The molecule has 4 nitrogen and oxygen atoms in total. The molecule has 0 saturated heterocycles. The van der Waals surface area contributed by atoms with Crippen molar-refractivity contribution in [3.05, 3.63) is 0 Å². The van der Waals surface area contributed by atoms with E-state index in [1.165, 1.54) is 0 Å². The van der Waals surface area contributed by atoms with E-state index < -0.39 is 58.1 Å². The maximum Gasteiger partial charge on any atom is 0.472 e. The van der Waals surface area contributed by atoms with Gasteiger partial charge in [0.1, 0.15) is 0 Å². The summed E-state index contributed by atoms with van der Waals surface area (Å²) in [7, 11) is -5.11. The third-order valence-corrected chi connectivity index (χ3v) is 3.58. The molecule has 128 valence electrons. The third kappa shape index (κ3) is 6.99. The van der Waals surface area contributed by atoms with Crippen LogP contribution in [-0.4, -0.2) is 42.3 Å². The SMILES string of the molecule is CCC(F)(F)C(F)COP(=O)(O)OCC(F)C(F)(F)CC. The summed E-state index contributed by atoms with van der Waals surface area (Å²) in [4.78, 5) is 8.98. The van der Waals surface area contributed by atoms with Crippen LogP contribution in [0.25, 0.3) is 0 Å². The topological polar surface area (TPSA) is 55.8 Å². The summed E-state index contributed by atoms with van der Waals surface area (Å²) in [6.07, 6.45) is -7.51. The van der Waals surface area contributed by atoms with Crippen molar-refractivity contribution >= 4 is 7.82 Å². The summed E-state index contributed by atoms with van der Waals surface area (Å²) < 4.78 is 96.2. The first-order valence-corrected chi connectivity index (χ1v) is 7.53. The lowest BCUT2D eigenvalue weighted by atomic mass is 10.2. The van der Waals surface area contributed by atoms with Crippen molar-refractivity contribution in [3.8, 4) is 0 Å². The zero-order chi connectivity index (χ0) is 16.9. The standard InChI is InChI=1S/C10H17F6O4P/c1-3-9(13,14)7(11)5-19-21(17,18)20-6-8(12)10(15,16)4-2/h7-8H,3-6H2,1-2H3,(H,17,18). The van der Waals surface area contributed by atoms with Crippen molar-refractivity contribution in [2.75, 3.05) is 13.2 Å². The van der Waals surface area contributed by atoms with Gasteiger partial charge in [0.2, 0.25) is 0 Å². The Balaban J connectivity index is 4.37. The molecule has 0 amide bonds. The lowest BCUT2D eigenvalue weighted by molar-refractivity contribution is -0.0977. The molecular formula is C10H17F6O4P. The molecule has 0 bridgehead atoms. The molecule has 0 aliphatic heterocycles. The van der Waals surface area contributed by atoms with Crippen LogP contribution in [0.4, 0.5) is 26.3 Å². The fraction of sp³-hybridized carbons (Fsp3) is 1.00. The highest BCUT2D eigenvalue weighted by atomic mass is 31.2. The number of phosphoric acid groups is 1. The summed E-state index contributed by atoms with van der Waals surface area (Å²) in [5.74, 6) is -7.56. The number of hydrogen-bond acceptors (Lipinski definition) is 3. The monoisotopic (exact) mass is 346 g/mol. The van der Waals surface area contributed by atoms with E-state index in [1.54, 1.807) is 0 Å². The molecular weight excluding hydrogens is 329 g/mol. The van der Waals surface area contributed by atoms with E-state index in [9.17, 15) is 30.9 Å². The maximum absolute atomic E-state index is 13.0. The third-order valence-electron chi connectivity index (χ3n) is 2.63. The number of alkyl halides is 6. The highest BCUT2D eigenvalue weighted by molar-refractivity contribution is 7.47. The molecule has 0 aromatic rings. The molecule has 2 atom stereocenters. The summed E-state index contributed by atoms with van der Waals surface area (Å²) in [5.41, 5.74) is 0. The van der Waals surface area contributed by atoms with E-state index in [2.05, 4.69) is 9.05 Å². The quantitative estimate of drug-likeness (QED) is 0.482. The van der Waals surface area contributed by atoms with E-state index in [1.807, 2.05) is 0 Å². The highest BCUT2D eigenvalue weighted by Crippen LogP contribution is 2.45. The van der Waals surface area contributed by atoms with Crippen molar-refractivity contribution in [2.45, 2.75) is 50.9 Å². The minimum absolute atomic E-state index is 0.872. The molecule has 2 unspecified atom stereocenters. The van der Waals surface area contributed by atoms with Crippen LogP contribution in [0.5, 0.6) is 0 Å². The molecule has 0 aromatic carbocycles. The second kappa shape index (κ2) is 7.80. The Morgan fingerprint density at radius 1 is 0.952 bits per heavy atom. The molecule has 0 rings (SSSR count). The molecule has 0 radical (unpaired) electrons. The summed E-state index contributed by atoms with van der Waals surface area (Å²) in [6, 6.07) is 0. The molecule has 0 aliphatic rings. The Kier molecular flexibility index (Phi) is 7.69. The number of hydrogen-bond donors (Lipinski definition) is 1. The summed E-state index contributed by atoms with van der Waals surface area (Å²) in [5, 5.41) is 0. The van der Waals surface area contributed by atoms with Gasteiger partial charge in [-0.15, -0.1) is 0 Å². The second-order valence-electron chi connectivity index (χ2n) is 4.22. The largest absolute Gasteiger partial charge is 0.472 e. The smallest absolute Gasteiger partial charge is 0.302 e. The van der Waals surface area contributed by atoms with Gasteiger partial charge in [-0.05, 0) is 0 Å². The molecule has 1 N–H and O–H groups in total. The first-order chi connectivity index (χ1) is 9.38. The van der Waals surface area contributed by atoms with E-state index in [-0.39, 0.29) is 0 Å². The Labute approximate surface area is 118 Å².